The van der Waals surface area contributed by atoms with Gasteiger partial charge in [0.25, 0.3) is 0 Å². The van der Waals surface area contributed by atoms with Crippen LogP contribution in [0.2, 0.25) is 0 Å². The Labute approximate surface area is 128 Å². The summed E-state index contributed by atoms with van der Waals surface area (Å²) in [6.07, 6.45) is 3.55. The molecule has 0 fully saturated rings. The number of unbranched alkanes of at least 4 members (excludes halogenated alkanes) is 2. The Balaban J connectivity index is 2.98. The van der Waals surface area contributed by atoms with Crippen molar-refractivity contribution in [1.82, 2.24) is 0 Å². The van der Waals surface area contributed by atoms with E-state index in [-0.39, 0.29) is 5.97 Å². The highest BCUT2D eigenvalue weighted by Crippen LogP contribution is 2.24. The summed E-state index contributed by atoms with van der Waals surface area (Å²) in [7, 11) is 0. The van der Waals surface area contributed by atoms with Crippen LogP contribution in [0.4, 0.5) is 11.4 Å². The predicted molar refractivity (Wildman–Crippen MR) is 88.8 cm³/mol. The SMILES string of the molecule is CCCCCN(c1ccc(N)c(C(=O)OCC)c1)C(C)C. The Bertz CT molecular complexity index is 458. The first kappa shape index (κ1) is 17.3. The number of nitrogen functional groups attached to an aromatic ring is 1. The second-order valence-electron chi connectivity index (χ2n) is 5.49. The molecule has 1 aromatic carbocycles. The third-order valence-corrected chi connectivity index (χ3v) is 3.49. The first-order chi connectivity index (χ1) is 10.0. The molecule has 0 aliphatic rings. The Kier molecular flexibility index (Phi) is 7.06. The zero-order valence-corrected chi connectivity index (χ0v) is 13.7. The predicted octanol–water partition coefficient (Wildman–Crippen LogP) is 3.85. The van der Waals surface area contributed by atoms with Crippen molar-refractivity contribution in [2.75, 3.05) is 23.8 Å². The maximum Gasteiger partial charge on any atom is 0.340 e. The van der Waals surface area contributed by atoms with E-state index in [2.05, 4.69) is 25.7 Å². The van der Waals surface area contributed by atoms with Crippen molar-refractivity contribution < 1.29 is 9.53 Å². The van der Waals surface area contributed by atoms with Gasteiger partial charge in [0.2, 0.25) is 0 Å². The topological polar surface area (TPSA) is 55.6 Å². The maximum absolute atomic E-state index is 11.9. The number of hydrogen-bond acceptors (Lipinski definition) is 4. The van der Waals surface area contributed by atoms with Crippen LogP contribution in [-0.4, -0.2) is 25.2 Å². The van der Waals surface area contributed by atoms with E-state index >= 15 is 0 Å². The highest BCUT2D eigenvalue weighted by Gasteiger charge is 2.16. The molecule has 4 heteroatoms. The van der Waals surface area contributed by atoms with Crippen LogP contribution in [0.25, 0.3) is 0 Å². The number of rotatable bonds is 8. The summed E-state index contributed by atoms with van der Waals surface area (Å²) in [5.74, 6) is -0.353. The standard InChI is InChI=1S/C17H28N2O2/c1-5-7-8-11-19(13(3)4)14-9-10-16(18)15(12-14)17(20)21-6-2/h9-10,12-13H,5-8,11,18H2,1-4H3. The van der Waals surface area contributed by atoms with Gasteiger partial charge in [0.15, 0.2) is 0 Å². The molecule has 0 aliphatic heterocycles. The molecule has 1 aromatic rings. The van der Waals surface area contributed by atoms with E-state index in [4.69, 9.17) is 10.5 Å². The highest BCUT2D eigenvalue weighted by atomic mass is 16.5. The van der Waals surface area contributed by atoms with Crippen molar-refractivity contribution in [3.63, 3.8) is 0 Å². The van der Waals surface area contributed by atoms with E-state index in [0.29, 0.717) is 23.9 Å². The lowest BCUT2D eigenvalue weighted by Gasteiger charge is -2.29. The molecule has 0 heterocycles. The summed E-state index contributed by atoms with van der Waals surface area (Å²) in [5, 5.41) is 0. The number of hydrogen-bond donors (Lipinski definition) is 1. The number of esters is 1. The molecule has 21 heavy (non-hydrogen) atoms. The Morgan fingerprint density at radius 3 is 2.57 bits per heavy atom. The van der Waals surface area contributed by atoms with Crippen molar-refractivity contribution in [3.8, 4) is 0 Å². The van der Waals surface area contributed by atoms with Crippen LogP contribution in [0.3, 0.4) is 0 Å². The fourth-order valence-electron chi connectivity index (χ4n) is 2.33. The van der Waals surface area contributed by atoms with Gasteiger partial charge in [0.05, 0.1) is 12.2 Å². The second-order valence-corrected chi connectivity index (χ2v) is 5.49. The third kappa shape index (κ3) is 4.96. The van der Waals surface area contributed by atoms with Gasteiger partial charge >= 0.3 is 5.97 Å². The van der Waals surface area contributed by atoms with Gasteiger partial charge in [-0.1, -0.05) is 19.8 Å². The molecule has 0 saturated heterocycles. The van der Waals surface area contributed by atoms with E-state index in [0.717, 1.165) is 18.7 Å². The average molecular weight is 292 g/mol. The number of carbonyl (C=O) groups is 1. The summed E-state index contributed by atoms with van der Waals surface area (Å²) in [6, 6.07) is 5.99. The molecular weight excluding hydrogens is 264 g/mol. The Morgan fingerprint density at radius 2 is 2.00 bits per heavy atom. The third-order valence-electron chi connectivity index (χ3n) is 3.49. The maximum atomic E-state index is 11.9. The zero-order chi connectivity index (χ0) is 15.8. The molecule has 0 aromatic heterocycles. The van der Waals surface area contributed by atoms with E-state index in [1.165, 1.54) is 12.8 Å². The molecular formula is C17H28N2O2. The minimum Gasteiger partial charge on any atom is -0.462 e. The van der Waals surface area contributed by atoms with Crippen molar-refractivity contribution >= 4 is 17.3 Å². The number of nitrogens with two attached hydrogens (primary N) is 1. The minimum atomic E-state index is -0.353. The van der Waals surface area contributed by atoms with Crippen LogP contribution in [-0.2, 0) is 4.74 Å². The molecule has 0 bridgehead atoms. The van der Waals surface area contributed by atoms with Gasteiger partial charge in [-0.05, 0) is 45.4 Å². The molecule has 0 unspecified atom stereocenters. The summed E-state index contributed by atoms with van der Waals surface area (Å²) in [4.78, 5) is 14.3. The molecule has 0 spiro atoms. The molecule has 4 nitrogen and oxygen atoms in total. The molecule has 1 rings (SSSR count). The van der Waals surface area contributed by atoms with Crippen LogP contribution in [0, 0.1) is 0 Å². The molecule has 0 radical (unpaired) electrons. The van der Waals surface area contributed by atoms with Crippen molar-refractivity contribution in [1.29, 1.82) is 0 Å². The van der Waals surface area contributed by atoms with Gasteiger partial charge in [-0.3, -0.25) is 0 Å². The van der Waals surface area contributed by atoms with Crippen LogP contribution in [0.1, 0.15) is 57.3 Å². The lowest BCUT2D eigenvalue weighted by atomic mass is 10.1. The van der Waals surface area contributed by atoms with E-state index in [1.54, 1.807) is 13.0 Å². The van der Waals surface area contributed by atoms with Gasteiger partial charge in [-0.15, -0.1) is 0 Å². The first-order valence-electron chi connectivity index (χ1n) is 7.84. The van der Waals surface area contributed by atoms with Gasteiger partial charge in [-0.2, -0.15) is 0 Å². The number of nitrogens with zero attached hydrogens (tertiary/aromatic N) is 1. The zero-order valence-electron chi connectivity index (χ0n) is 13.7. The van der Waals surface area contributed by atoms with Crippen molar-refractivity contribution in [2.45, 2.75) is 53.0 Å². The monoisotopic (exact) mass is 292 g/mol. The number of benzene rings is 1. The smallest absolute Gasteiger partial charge is 0.340 e. The lowest BCUT2D eigenvalue weighted by Crippen LogP contribution is -2.32. The molecule has 0 amide bonds. The van der Waals surface area contributed by atoms with Crippen molar-refractivity contribution in [2.24, 2.45) is 0 Å². The summed E-state index contributed by atoms with van der Waals surface area (Å²) in [5.41, 5.74) is 7.85. The summed E-state index contributed by atoms with van der Waals surface area (Å²) < 4.78 is 5.07. The first-order valence-corrected chi connectivity index (χ1v) is 7.84. The Hall–Kier alpha value is -1.71. The fraction of sp³-hybridized carbons (Fsp3) is 0.588. The summed E-state index contributed by atoms with van der Waals surface area (Å²) in [6.45, 7) is 9.65. The molecule has 2 N–H and O–H groups in total. The normalized spacial score (nSPS) is 10.7. The van der Waals surface area contributed by atoms with Crippen LogP contribution < -0.4 is 10.6 Å². The van der Waals surface area contributed by atoms with Gasteiger partial charge < -0.3 is 15.4 Å². The minimum absolute atomic E-state index is 0.353. The van der Waals surface area contributed by atoms with Gasteiger partial charge in [-0.25, -0.2) is 4.79 Å². The fourth-order valence-corrected chi connectivity index (χ4v) is 2.33. The van der Waals surface area contributed by atoms with E-state index in [1.807, 2.05) is 12.1 Å². The van der Waals surface area contributed by atoms with E-state index < -0.39 is 0 Å². The van der Waals surface area contributed by atoms with E-state index in [9.17, 15) is 4.79 Å². The molecule has 118 valence electrons. The number of anilines is 2. The number of ether oxygens (including phenoxy) is 1. The molecule has 0 saturated carbocycles. The van der Waals surface area contributed by atoms with Crippen LogP contribution in [0.5, 0.6) is 0 Å². The average Bonchev–Trinajstić information content (AvgIpc) is 2.44. The number of carbonyl (C=O) groups excluding carboxylic acids is 1. The van der Waals surface area contributed by atoms with Crippen LogP contribution >= 0.6 is 0 Å². The van der Waals surface area contributed by atoms with Crippen LogP contribution in [0.15, 0.2) is 18.2 Å². The molecule has 0 aliphatic carbocycles. The Morgan fingerprint density at radius 1 is 1.29 bits per heavy atom. The molecule has 0 atom stereocenters. The van der Waals surface area contributed by atoms with Gasteiger partial charge in [0.1, 0.15) is 0 Å². The quantitative estimate of drug-likeness (QED) is 0.449. The van der Waals surface area contributed by atoms with Crippen molar-refractivity contribution in [3.05, 3.63) is 23.8 Å². The highest BCUT2D eigenvalue weighted by molar-refractivity contribution is 5.96. The largest absolute Gasteiger partial charge is 0.462 e. The lowest BCUT2D eigenvalue weighted by molar-refractivity contribution is 0.0527. The van der Waals surface area contributed by atoms with Gasteiger partial charge in [0, 0.05) is 24.0 Å². The summed E-state index contributed by atoms with van der Waals surface area (Å²) >= 11 is 0. The second kappa shape index (κ2) is 8.55.